The number of ether oxygens (including phenoxy) is 1. The van der Waals surface area contributed by atoms with Crippen LogP contribution in [-0.4, -0.2) is 37.4 Å². The van der Waals surface area contributed by atoms with Crippen molar-refractivity contribution in [2.45, 2.75) is 13.5 Å². The Hall–Kier alpha value is -3.61. The molecule has 2 N–H and O–H groups in total. The van der Waals surface area contributed by atoms with Crippen LogP contribution in [0.2, 0.25) is 0 Å². The van der Waals surface area contributed by atoms with Crippen LogP contribution < -0.4 is 4.74 Å². The number of imidazole rings is 1. The van der Waals surface area contributed by atoms with E-state index in [4.69, 9.17) is 4.74 Å². The molecule has 7 nitrogen and oxygen atoms in total. The van der Waals surface area contributed by atoms with E-state index in [0.717, 1.165) is 11.3 Å². The molecule has 4 aromatic rings. The van der Waals surface area contributed by atoms with Gasteiger partial charge in [-0.3, -0.25) is 4.68 Å². The van der Waals surface area contributed by atoms with Gasteiger partial charge in [-0.25, -0.2) is 9.78 Å². The molecule has 2 heterocycles. The molecule has 0 bridgehead atoms. The average Bonchev–Trinajstić information content (AvgIpc) is 3.26. The predicted molar refractivity (Wildman–Crippen MR) is 101 cm³/mol. The Morgan fingerprint density at radius 2 is 2.00 bits per heavy atom. The molecule has 0 spiro atoms. The second-order valence-electron chi connectivity index (χ2n) is 6.04. The van der Waals surface area contributed by atoms with Gasteiger partial charge in [0.15, 0.2) is 5.82 Å². The van der Waals surface area contributed by atoms with Crippen molar-refractivity contribution >= 4 is 17.0 Å². The van der Waals surface area contributed by atoms with Gasteiger partial charge in [0.25, 0.3) is 0 Å². The van der Waals surface area contributed by atoms with Gasteiger partial charge in [-0.2, -0.15) is 0 Å². The largest absolute Gasteiger partial charge is 0.478 e. The van der Waals surface area contributed by atoms with Crippen LogP contribution in [0.15, 0.2) is 54.6 Å². The SMILES string of the molecule is CCOc1cc(-c2nc3c(C(=O)O)cccc3[nH]2)n(Cc2ccccc2)n1. The Balaban J connectivity index is 1.81. The maximum atomic E-state index is 11.5. The Bertz CT molecular complexity index is 1100. The minimum atomic E-state index is -1.01. The Kier molecular flexibility index (Phi) is 4.33. The van der Waals surface area contributed by atoms with Crippen molar-refractivity contribution in [3.8, 4) is 17.4 Å². The van der Waals surface area contributed by atoms with Crippen molar-refractivity contribution in [2.24, 2.45) is 0 Å². The number of para-hydroxylation sites is 1. The van der Waals surface area contributed by atoms with E-state index in [1.807, 2.05) is 43.3 Å². The molecule has 0 saturated carbocycles. The van der Waals surface area contributed by atoms with Crippen molar-refractivity contribution in [3.05, 3.63) is 65.7 Å². The number of benzene rings is 2. The van der Waals surface area contributed by atoms with E-state index in [-0.39, 0.29) is 5.56 Å². The fraction of sp³-hybridized carbons (Fsp3) is 0.150. The van der Waals surface area contributed by atoms with E-state index in [2.05, 4.69) is 15.1 Å². The molecule has 7 heteroatoms. The number of hydrogen-bond acceptors (Lipinski definition) is 4. The fourth-order valence-corrected chi connectivity index (χ4v) is 3.01. The van der Waals surface area contributed by atoms with E-state index in [0.29, 0.717) is 35.9 Å². The summed E-state index contributed by atoms with van der Waals surface area (Å²) in [6.07, 6.45) is 0. The molecule has 0 aliphatic carbocycles. The third-order valence-electron chi connectivity index (χ3n) is 4.21. The number of rotatable bonds is 6. The van der Waals surface area contributed by atoms with Gasteiger partial charge in [-0.1, -0.05) is 36.4 Å². The minimum Gasteiger partial charge on any atom is -0.478 e. The van der Waals surface area contributed by atoms with Crippen molar-refractivity contribution in [1.82, 2.24) is 19.7 Å². The average molecular weight is 362 g/mol. The van der Waals surface area contributed by atoms with Crippen molar-refractivity contribution in [3.63, 3.8) is 0 Å². The second-order valence-corrected chi connectivity index (χ2v) is 6.04. The van der Waals surface area contributed by atoms with Gasteiger partial charge in [-0.05, 0) is 24.6 Å². The van der Waals surface area contributed by atoms with Gasteiger partial charge in [0.2, 0.25) is 5.88 Å². The highest BCUT2D eigenvalue weighted by molar-refractivity contribution is 6.01. The molecule has 136 valence electrons. The van der Waals surface area contributed by atoms with Crippen LogP contribution in [0.25, 0.3) is 22.6 Å². The van der Waals surface area contributed by atoms with E-state index in [9.17, 15) is 9.90 Å². The Labute approximate surface area is 155 Å². The molecule has 2 aromatic heterocycles. The van der Waals surface area contributed by atoms with Crippen LogP contribution in [0, 0.1) is 0 Å². The first kappa shape index (κ1) is 16.8. The second kappa shape index (κ2) is 6.95. The third-order valence-corrected chi connectivity index (χ3v) is 4.21. The molecule has 0 unspecified atom stereocenters. The number of carboxylic acids is 1. The highest BCUT2D eigenvalue weighted by Gasteiger charge is 2.18. The first-order valence-electron chi connectivity index (χ1n) is 8.62. The smallest absolute Gasteiger partial charge is 0.337 e. The number of aromatic amines is 1. The summed E-state index contributed by atoms with van der Waals surface area (Å²) in [5, 5.41) is 13.9. The first-order valence-corrected chi connectivity index (χ1v) is 8.62. The zero-order valence-corrected chi connectivity index (χ0v) is 14.7. The lowest BCUT2D eigenvalue weighted by Gasteiger charge is -2.05. The van der Waals surface area contributed by atoms with Gasteiger partial charge in [0.05, 0.1) is 24.2 Å². The molecule has 27 heavy (non-hydrogen) atoms. The molecule has 4 rings (SSSR count). The molecule has 0 amide bonds. The number of aromatic nitrogens is 4. The van der Waals surface area contributed by atoms with Crippen molar-refractivity contribution in [1.29, 1.82) is 0 Å². The lowest BCUT2D eigenvalue weighted by atomic mass is 10.2. The molecule has 0 radical (unpaired) electrons. The van der Waals surface area contributed by atoms with E-state index >= 15 is 0 Å². The number of nitrogens with one attached hydrogen (secondary N) is 1. The van der Waals surface area contributed by atoms with Gasteiger partial charge in [0, 0.05) is 6.07 Å². The van der Waals surface area contributed by atoms with Crippen molar-refractivity contribution in [2.75, 3.05) is 6.61 Å². The summed E-state index contributed by atoms with van der Waals surface area (Å²) in [6, 6.07) is 16.8. The zero-order valence-electron chi connectivity index (χ0n) is 14.7. The van der Waals surface area contributed by atoms with E-state index in [1.165, 1.54) is 0 Å². The molecule has 0 aliphatic rings. The topological polar surface area (TPSA) is 93.0 Å². The lowest BCUT2D eigenvalue weighted by Crippen LogP contribution is -2.05. The molecule has 0 atom stereocenters. The summed E-state index contributed by atoms with van der Waals surface area (Å²) in [6.45, 7) is 2.95. The standard InChI is InChI=1S/C20H18N4O3/c1-2-27-17-11-16(24(23-17)12-13-7-4-3-5-8-13)19-21-15-10-6-9-14(20(25)26)18(15)22-19/h3-11H,2,12H2,1H3,(H,21,22)(H,25,26). The number of aromatic carboxylic acids is 1. The highest BCUT2D eigenvalue weighted by atomic mass is 16.5. The number of H-pyrrole nitrogens is 1. The quantitative estimate of drug-likeness (QED) is 0.547. The number of nitrogens with zero attached hydrogens (tertiary/aromatic N) is 3. The zero-order chi connectivity index (χ0) is 18.8. The van der Waals surface area contributed by atoms with Crippen LogP contribution in [0.1, 0.15) is 22.8 Å². The van der Waals surface area contributed by atoms with Crippen LogP contribution in [0.4, 0.5) is 0 Å². The van der Waals surface area contributed by atoms with Gasteiger partial charge in [-0.15, -0.1) is 5.10 Å². The summed E-state index contributed by atoms with van der Waals surface area (Å²) in [4.78, 5) is 19.2. The summed E-state index contributed by atoms with van der Waals surface area (Å²) in [5.41, 5.74) is 3.07. The molecule has 0 fully saturated rings. The summed E-state index contributed by atoms with van der Waals surface area (Å²) < 4.78 is 7.36. The number of hydrogen-bond donors (Lipinski definition) is 2. The van der Waals surface area contributed by atoms with Crippen LogP contribution >= 0.6 is 0 Å². The number of carbonyl (C=O) groups is 1. The maximum Gasteiger partial charge on any atom is 0.337 e. The van der Waals surface area contributed by atoms with Crippen molar-refractivity contribution < 1.29 is 14.6 Å². The fourth-order valence-electron chi connectivity index (χ4n) is 3.01. The Morgan fingerprint density at radius 1 is 1.19 bits per heavy atom. The van der Waals surface area contributed by atoms with Gasteiger partial charge in [0.1, 0.15) is 11.2 Å². The third kappa shape index (κ3) is 3.27. The molecular weight excluding hydrogens is 344 g/mol. The summed E-state index contributed by atoms with van der Waals surface area (Å²) in [5.74, 6) is 0.0434. The highest BCUT2D eigenvalue weighted by Crippen LogP contribution is 2.26. The van der Waals surface area contributed by atoms with Gasteiger partial charge < -0.3 is 14.8 Å². The summed E-state index contributed by atoms with van der Waals surface area (Å²) in [7, 11) is 0. The maximum absolute atomic E-state index is 11.5. The minimum absolute atomic E-state index is 0.161. The Morgan fingerprint density at radius 3 is 2.74 bits per heavy atom. The van der Waals surface area contributed by atoms with E-state index in [1.54, 1.807) is 22.9 Å². The van der Waals surface area contributed by atoms with Crippen LogP contribution in [-0.2, 0) is 6.54 Å². The monoisotopic (exact) mass is 362 g/mol. The predicted octanol–water partition coefficient (Wildman–Crippen LogP) is 3.57. The van der Waals surface area contributed by atoms with E-state index < -0.39 is 5.97 Å². The number of fused-ring (bicyclic) bond motifs is 1. The normalized spacial score (nSPS) is 11.0. The molecule has 2 aromatic carbocycles. The molecular formula is C20H18N4O3. The molecule has 0 aliphatic heterocycles. The first-order chi connectivity index (χ1) is 13.2. The van der Waals surface area contributed by atoms with Gasteiger partial charge >= 0.3 is 5.97 Å². The lowest BCUT2D eigenvalue weighted by molar-refractivity contribution is 0.0699. The summed E-state index contributed by atoms with van der Waals surface area (Å²) >= 11 is 0. The molecule has 0 saturated heterocycles. The van der Waals surface area contributed by atoms with Crippen LogP contribution in [0.3, 0.4) is 0 Å². The van der Waals surface area contributed by atoms with Crippen LogP contribution in [0.5, 0.6) is 5.88 Å². The number of carboxylic acid groups (broad SMARTS) is 1.